The van der Waals surface area contributed by atoms with Gasteiger partial charge >= 0.3 is 0 Å². The fourth-order valence-corrected chi connectivity index (χ4v) is 2.69. The third-order valence-electron chi connectivity index (χ3n) is 3.89. The van der Waals surface area contributed by atoms with E-state index in [0.717, 1.165) is 25.9 Å². The molecule has 1 amide bonds. The number of nitrogens with zero attached hydrogens (tertiary/aromatic N) is 1. The van der Waals surface area contributed by atoms with E-state index in [1.165, 1.54) is 12.0 Å². The Morgan fingerprint density at radius 1 is 1.40 bits per heavy atom. The summed E-state index contributed by atoms with van der Waals surface area (Å²) in [5.41, 5.74) is 6.84. The van der Waals surface area contributed by atoms with Crippen molar-refractivity contribution in [1.82, 2.24) is 10.2 Å². The van der Waals surface area contributed by atoms with Crippen molar-refractivity contribution in [1.29, 1.82) is 0 Å². The summed E-state index contributed by atoms with van der Waals surface area (Å²) in [7, 11) is 0. The van der Waals surface area contributed by atoms with Gasteiger partial charge in [0, 0.05) is 19.1 Å². The highest BCUT2D eigenvalue weighted by Gasteiger charge is 2.28. The number of hydrogen-bond donors (Lipinski definition) is 2. The number of carbonyl (C=O) groups is 1. The van der Waals surface area contributed by atoms with Crippen molar-refractivity contribution >= 4 is 5.91 Å². The Labute approximate surface area is 121 Å². The molecule has 2 atom stereocenters. The lowest BCUT2D eigenvalue weighted by Gasteiger charge is -2.35. The first kappa shape index (κ1) is 15.0. The second-order valence-corrected chi connectivity index (χ2v) is 5.61. The van der Waals surface area contributed by atoms with Gasteiger partial charge < -0.3 is 11.1 Å². The second kappa shape index (κ2) is 7.41. The van der Waals surface area contributed by atoms with Crippen LogP contribution in [0.5, 0.6) is 0 Å². The second-order valence-electron chi connectivity index (χ2n) is 5.61. The van der Waals surface area contributed by atoms with Gasteiger partial charge in [-0.3, -0.25) is 9.69 Å². The van der Waals surface area contributed by atoms with Gasteiger partial charge in [-0.05, 0) is 31.9 Å². The lowest BCUT2D eigenvalue weighted by molar-refractivity contribution is -0.128. The first-order valence-corrected chi connectivity index (χ1v) is 7.49. The SMILES string of the molecule is C[C@@H](CN)NC(=O)C1CCCCN1Cc1ccccc1. The average Bonchev–Trinajstić information content (AvgIpc) is 2.48. The normalized spacial score (nSPS) is 21.4. The molecule has 0 bridgehead atoms. The van der Waals surface area contributed by atoms with Crippen molar-refractivity contribution in [2.75, 3.05) is 13.1 Å². The molecule has 0 saturated carbocycles. The van der Waals surface area contributed by atoms with Crippen LogP contribution in [0.4, 0.5) is 0 Å². The molecule has 0 aliphatic carbocycles. The van der Waals surface area contributed by atoms with Crippen molar-refractivity contribution in [3.63, 3.8) is 0 Å². The summed E-state index contributed by atoms with van der Waals surface area (Å²) in [6, 6.07) is 10.4. The molecule has 0 aromatic heterocycles. The first-order valence-electron chi connectivity index (χ1n) is 7.49. The van der Waals surface area contributed by atoms with E-state index in [4.69, 9.17) is 5.73 Å². The number of amides is 1. The molecule has 110 valence electrons. The van der Waals surface area contributed by atoms with Gasteiger partial charge in [0.05, 0.1) is 6.04 Å². The van der Waals surface area contributed by atoms with Crippen molar-refractivity contribution in [3.8, 4) is 0 Å². The number of nitrogens with two attached hydrogens (primary N) is 1. The Morgan fingerprint density at radius 2 is 2.15 bits per heavy atom. The predicted molar refractivity (Wildman–Crippen MR) is 81.2 cm³/mol. The molecule has 1 aromatic rings. The molecule has 1 saturated heterocycles. The van der Waals surface area contributed by atoms with Crippen LogP contribution in [0.2, 0.25) is 0 Å². The summed E-state index contributed by atoms with van der Waals surface area (Å²) >= 11 is 0. The van der Waals surface area contributed by atoms with Crippen LogP contribution in [0.3, 0.4) is 0 Å². The molecule has 4 heteroatoms. The van der Waals surface area contributed by atoms with E-state index in [1.807, 2.05) is 25.1 Å². The minimum absolute atomic E-state index is 0.0158. The van der Waals surface area contributed by atoms with Crippen molar-refractivity contribution in [2.24, 2.45) is 5.73 Å². The van der Waals surface area contributed by atoms with Crippen LogP contribution in [-0.2, 0) is 11.3 Å². The maximum atomic E-state index is 12.4. The van der Waals surface area contributed by atoms with E-state index in [-0.39, 0.29) is 18.0 Å². The van der Waals surface area contributed by atoms with E-state index in [2.05, 4.69) is 22.3 Å². The number of piperidine rings is 1. The maximum Gasteiger partial charge on any atom is 0.237 e. The van der Waals surface area contributed by atoms with Gasteiger partial charge in [-0.1, -0.05) is 36.8 Å². The van der Waals surface area contributed by atoms with Crippen LogP contribution in [0.25, 0.3) is 0 Å². The molecule has 1 heterocycles. The zero-order chi connectivity index (χ0) is 14.4. The topological polar surface area (TPSA) is 58.4 Å². The monoisotopic (exact) mass is 275 g/mol. The largest absolute Gasteiger partial charge is 0.351 e. The average molecular weight is 275 g/mol. The summed E-state index contributed by atoms with van der Waals surface area (Å²) in [4.78, 5) is 14.6. The van der Waals surface area contributed by atoms with Crippen molar-refractivity contribution in [3.05, 3.63) is 35.9 Å². The van der Waals surface area contributed by atoms with E-state index >= 15 is 0 Å². The molecule has 2 rings (SSSR count). The van der Waals surface area contributed by atoms with E-state index in [1.54, 1.807) is 0 Å². The number of hydrogen-bond acceptors (Lipinski definition) is 3. The molecule has 1 fully saturated rings. The number of likely N-dealkylation sites (tertiary alicyclic amines) is 1. The highest BCUT2D eigenvalue weighted by molar-refractivity contribution is 5.82. The molecule has 1 aliphatic rings. The van der Waals surface area contributed by atoms with E-state index < -0.39 is 0 Å². The number of benzene rings is 1. The van der Waals surface area contributed by atoms with Crippen LogP contribution in [0.15, 0.2) is 30.3 Å². The summed E-state index contributed by atoms with van der Waals surface area (Å²) in [5, 5.41) is 3.01. The molecule has 1 aliphatic heterocycles. The molecular weight excluding hydrogens is 250 g/mol. The quantitative estimate of drug-likeness (QED) is 0.856. The van der Waals surface area contributed by atoms with Gasteiger partial charge in [-0.25, -0.2) is 0 Å². The van der Waals surface area contributed by atoms with Gasteiger partial charge in [0.1, 0.15) is 0 Å². The summed E-state index contributed by atoms with van der Waals surface area (Å²) in [6.45, 7) is 4.26. The molecule has 1 aromatic carbocycles. The fourth-order valence-electron chi connectivity index (χ4n) is 2.69. The van der Waals surface area contributed by atoms with Gasteiger partial charge in [0.15, 0.2) is 0 Å². The van der Waals surface area contributed by atoms with E-state index in [0.29, 0.717) is 6.54 Å². The lowest BCUT2D eigenvalue weighted by atomic mass is 10.00. The molecule has 4 nitrogen and oxygen atoms in total. The Balaban J connectivity index is 1.99. The number of nitrogens with one attached hydrogen (secondary N) is 1. The lowest BCUT2D eigenvalue weighted by Crippen LogP contribution is -2.52. The van der Waals surface area contributed by atoms with Gasteiger partial charge in [0.2, 0.25) is 5.91 Å². The molecule has 0 spiro atoms. The Bertz CT molecular complexity index is 421. The third-order valence-corrected chi connectivity index (χ3v) is 3.89. The van der Waals surface area contributed by atoms with Crippen LogP contribution in [-0.4, -0.2) is 36.0 Å². The Kier molecular flexibility index (Phi) is 5.56. The predicted octanol–water partition coefficient (Wildman–Crippen LogP) is 1.50. The summed E-state index contributed by atoms with van der Waals surface area (Å²) < 4.78 is 0. The fraction of sp³-hybridized carbons (Fsp3) is 0.562. The number of rotatable bonds is 5. The molecule has 0 radical (unpaired) electrons. The third kappa shape index (κ3) is 4.05. The van der Waals surface area contributed by atoms with Crippen LogP contribution in [0.1, 0.15) is 31.7 Å². The van der Waals surface area contributed by atoms with Crippen LogP contribution in [0, 0.1) is 0 Å². The highest BCUT2D eigenvalue weighted by Crippen LogP contribution is 2.20. The smallest absolute Gasteiger partial charge is 0.237 e. The van der Waals surface area contributed by atoms with Crippen LogP contribution < -0.4 is 11.1 Å². The Morgan fingerprint density at radius 3 is 2.85 bits per heavy atom. The number of carbonyl (C=O) groups excluding carboxylic acids is 1. The zero-order valence-corrected chi connectivity index (χ0v) is 12.2. The van der Waals surface area contributed by atoms with Gasteiger partial charge in [-0.2, -0.15) is 0 Å². The first-order chi connectivity index (χ1) is 9.70. The molecule has 1 unspecified atom stereocenters. The standard InChI is InChI=1S/C16H25N3O/c1-13(11-17)18-16(20)15-9-5-6-10-19(15)12-14-7-3-2-4-8-14/h2-4,7-8,13,15H,5-6,9-12,17H2,1H3,(H,18,20)/t13-,15?/m0/s1. The van der Waals surface area contributed by atoms with Crippen molar-refractivity contribution < 1.29 is 4.79 Å². The molecule has 20 heavy (non-hydrogen) atoms. The summed E-state index contributed by atoms with van der Waals surface area (Å²) in [5.74, 6) is 0.124. The highest BCUT2D eigenvalue weighted by atomic mass is 16.2. The van der Waals surface area contributed by atoms with Gasteiger partial charge in [0.25, 0.3) is 0 Å². The maximum absolute atomic E-state index is 12.4. The van der Waals surface area contributed by atoms with E-state index in [9.17, 15) is 4.79 Å². The zero-order valence-electron chi connectivity index (χ0n) is 12.2. The van der Waals surface area contributed by atoms with Crippen molar-refractivity contribution in [2.45, 2.75) is 44.8 Å². The van der Waals surface area contributed by atoms with Gasteiger partial charge in [-0.15, -0.1) is 0 Å². The Hall–Kier alpha value is -1.39. The minimum Gasteiger partial charge on any atom is -0.351 e. The molecular formula is C16H25N3O. The minimum atomic E-state index is -0.0158. The molecule has 3 N–H and O–H groups in total. The van der Waals surface area contributed by atoms with Crippen LogP contribution >= 0.6 is 0 Å². The summed E-state index contributed by atoms with van der Waals surface area (Å²) in [6.07, 6.45) is 3.24.